The Bertz CT molecular complexity index is 306. The third-order valence-corrected chi connectivity index (χ3v) is 2.87. The van der Waals surface area contributed by atoms with Gasteiger partial charge in [-0.2, -0.15) is 12.7 Å². The van der Waals surface area contributed by atoms with Crippen LogP contribution in [0, 0.1) is 0 Å². The predicted octanol–water partition coefficient (Wildman–Crippen LogP) is 1.82. The molecule has 1 N–H and O–H groups in total. The minimum Gasteiger partial charge on any atom is -0.273 e. The van der Waals surface area contributed by atoms with Gasteiger partial charge >= 0.3 is 10.3 Å². The molecule has 0 fully saturated rings. The molecule has 0 aliphatic rings. The summed E-state index contributed by atoms with van der Waals surface area (Å²) in [5.74, 6) is 0. The molecule has 0 aliphatic carbocycles. The summed E-state index contributed by atoms with van der Waals surface area (Å²) in [7, 11) is -3.93. The Kier molecular flexibility index (Phi) is 6.94. The van der Waals surface area contributed by atoms with Crippen molar-refractivity contribution >= 4 is 10.3 Å². The first-order valence-corrected chi connectivity index (χ1v) is 6.14. The molecule has 1 rings (SSSR count). The molecule has 0 unspecified atom stereocenters. The summed E-state index contributed by atoms with van der Waals surface area (Å²) in [6, 6.07) is 12.0. The van der Waals surface area contributed by atoms with E-state index in [-0.39, 0.29) is 0 Å². The van der Waals surface area contributed by atoms with Crippen molar-refractivity contribution in [1.29, 1.82) is 0 Å². The summed E-state index contributed by atoms with van der Waals surface area (Å²) in [4.78, 5) is 0. The molecule has 0 radical (unpaired) electrons. The maximum Gasteiger partial charge on any atom is 0.335 e. The van der Waals surface area contributed by atoms with E-state index in [1.54, 1.807) is 13.8 Å². The van der Waals surface area contributed by atoms with Crippen molar-refractivity contribution in [1.82, 2.24) is 4.31 Å². The molecule has 86 valence electrons. The molecule has 0 spiro atoms. The normalized spacial score (nSPS) is 10.7. The Morgan fingerprint density at radius 2 is 1.20 bits per heavy atom. The van der Waals surface area contributed by atoms with E-state index in [4.69, 9.17) is 4.55 Å². The number of rotatable bonds is 3. The van der Waals surface area contributed by atoms with Gasteiger partial charge in [-0.05, 0) is 0 Å². The molecule has 0 aromatic heterocycles. The third-order valence-electron chi connectivity index (χ3n) is 1.70. The average Bonchev–Trinajstić information content (AvgIpc) is 2.21. The van der Waals surface area contributed by atoms with E-state index in [9.17, 15) is 8.42 Å². The van der Waals surface area contributed by atoms with Crippen LogP contribution in [-0.2, 0) is 10.3 Å². The van der Waals surface area contributed by atoms with Crippen molar-refractivity contribution < 1.29 is 13.0 Å². The van der Waals surface area contributed by atoms with Crippen LogP contribution in [0.15, 0.2) is 36.4 Å². The third kappa shape index (κ3) is 7.07. The summed E-state index contributed by atoms with van der Waals surface area (Å²) in [6.45, 7) is 3.96. The van der Waals surface area contributed by atoms with Gasteiger partial charge in [0.15, 0.2) is 0 Å². The molecule has 5 heteroatoms. The highest BCUT2D eigenvalue weighted by Crippen LogP contribution is 1.93. The minimum absolute atomic E-state index is 0.315. The summed E-state index contributed by atoms with van der Waals surface area (Å²) < 4.78 is 29.9. The van der Waals surface area contributed by atoms with Crippen molar-refractivity contribution in [3.05, 3.63) is 36.4 Å². The van der Waals surface area contributed by atoms with Gasteiger partial charge in [0.25, 0.3) is 0 Å². The SMILES string of the molecule is CCN(CC)S(=O)(=O)O.c1ccccc1. The average molecular weight is 231 g/mol. The van der Waals surface area contributed by atoms with Crippen molar-refractivity contribution in [3.8, 4) is 0 Å². The maximum atomic E-state index is 10.3. The summed E-state index contributed by atoms with van der Waals surface area (Å²) in [5, 5.41) is 0. The Balaban J connectivity index is 0.000000280. The number of benzene rings is 1. The van der Waals surface area contributed by atoms with Gasteiger partial charge < -0.3 is 0 Å². The quantitative estimate of drug-likeness (QED) is 0.807. The number of hydrogen-bond donors (Lipinski definition) is 1. The van der Waals surface area contributed by atoms with Crippen molar-refractivity contribution in [2.24, 2.45) is 0 Å². The highest BCUT2D eigenvalue weighted by atomic mass is 32.2. The number of hydrogen-bond acceptors (Lipinski definition) is 2. The van der Waals surface area contributed by atoms with Crippen LogP contribution in [0.4, 0.5) is 0 Å². The molecular weight excluding hydrogens is 214 g/mol. The van der Waals surface area contributed by atoms with E-state index < -0.39 is 10.3 Å². The van der Waals surface area contributed by atoms with E-state index in [1.165, 1.54) is 0 Å². The smallest absolute Gasteiger partial charge is 0.273 e. The lowest BCUT2D eigenvalue weighted by molar-refractivity contribution is 0.371. The molecule has 15 heavy (non-hydrogen) atoms. The van der Waals surface area contributed by atoms with Gasteiger partial charge in [-0.25, -0.2) is 0 Å². The first-order chi connectivity index (χ1) is 7.02. The van der Waals surface area contributed by atoms with Crippen molar-refractivity contribution in [2.75, 3.05) is 13.1 Å². The van der Waals surface area contributed by atoms with E-state index >= 15 is 0 Å². The Morgan fingerprint density at radius 1 is 0.933 bits per heavy atom. The molecule has 0 heterocycles. The highest BCUT2D eigenvalue weighted by molar-refractivity contribution is 7.83. The van der Waals surface area contributed by atoms with Crippen LogP contribution in [0.2, 0.25) is 0 Å². The summed E-state index contributed by atoms with van der Waals surface area (Å²) in [6.07, 6.45) is 0. The molecule has 4 nitrogen and oxygen atoms in total. The molecule has 0 amide bonds. The monoisotopic (exact) mass is 231 g/mol. The Labute approximate surface area is 91.4 Å². The second kappa shape index (κ2) is 7.39. The lowest BCUT2D eigenvalue weighted by Crippen LogP contribution is -2.29. The minimum atomic E-state index is -3.93. The fourth-order valence-electron chi connectivity index (χ4n) is 0.935. The van der Waals surface area contributed by atoms with Crippen LogP contribution in [0.1, 0.15) is 13.8 Å². The van der Waals surface area contributed by atoms with Crippen molar-refractivity contribution in [3.63, 3.8) is 0 Å². The van der Waals surface area contributed by atoms with Gasteiger partial charge in [0.05, 0.1) is 0 Å². The second-order valence-electron chi connectivity index (χ2n) is 2.72. The van der Waals surface area contributed by atoms with Crippen LogP contribution in [-0.4, -0.2) is 30.4 Å². The molecule has 0 bridgehead atoms. The van der Waals surface area contributed by atoms with E-state index in [1.807, 2.05) is 36.4 Å². The predicted molar refractivity (Wildman–Crippen MR) is 60.9 cm³/mol. The Morgan fingerprint density at radius 3 is 1.27 bits per heavy atom. The summed E-state index contributed by atoms with van der Waals surface area (Å²) in [5.41, 5.74) is 0. The highest BCUT2D eigenvalue weighted by Gasteiger charge is 2.12. The van der Waals surface area contributed by atoms with Crippen LogP contribution >= 0.6 is 0 Å². The molecule has 0 atom stereocenters. The molecule has 0 saturated carbocycles. The molecule has 1 aromatic rings. The Hall–Kier alpha value is -0.910. The first-order valence-electron chi connectivity index (χ1n) is 4.75. The molecule has 0 saturated heterocycles. The lowest BCUT2D eigenvalue weighted by atomic mass is 10.4. The van der Waals surface area contributed by atoms with E-state index in [0.717, 1.165) is 4.31 Å². The van der Waals surface area contributed by atoms with Crippen molar-refractivity contribution in [2.45, 2.75) is 13.8 Å². The maximum absolute atomic E-state index is 10.3. The van der Waals surface area contributed by atoms with Gasteiger partial charge in [-0.3, -0.25) is 4.55 Å². The fraction of sp³-hybridized carbons (Fsp3) is 0.400. The van der Waals surface area contributed by atoms with Gasteiger partial charge in [0.2, 0.25) is 0 Å². The number of nitrogens with zero attached hydrogens (tertiary/aromatic N) is 1. The largest absolute Gasteiger partial charge is 0.335 e. The van der Waals surface area contributed by atoms with Gasteiger partial charge in [-0.1, -0.05) is 50.2 Å². The van der Waals surface area contributed by atoms with E-state index in [2.05, 4.69) is 0 Å². The van der Waals surface area contributed by atoms with Gasteiger partial charge in [0.1, 0.15) is 0 Å². The van der Waals surface area contributed by atoms with Gasteiger partial charge in [0, 0.05) is 13.1 Å². The lowest BCUT2D eigenvalue weighted by Gasteiger charge is -2.11. The van der Waals surface area contributed by atoms with Crippen LogP contribution in [0.25, 0.3) is 0 Å². The van der Waals surface area contributed by atoms with E-state index in [0.29, 0.717) is 13.1 Å². The van der Waals surface area contributed by atoms with Crippen LogP contribution in [0.5, 0.6) is 0 Å². The molecular formula is C10H17NO3S. The molecule has 0 aliphatic heterocycles. The summed E-state index contributed by atoms with van der Waals surface area (Å²) >= 11 is 0. The topological polar surface area (TPSA) is 57.6 Å². The van der Waals surface area contributed by atoms with Gasteiger partial charge in [-0.15, -0.1) is 0 Å². The zero-order valence-electron chi connectivity index (χ0n) is 9.00. The van der Waals surface area contributed by atoms with Crippen LogP contribution in [0.3, 0.4) is 0 Å². The molecule has 1 aromatic carbocycles. The zero-order valence-corrected chi connectivity index (χ0v) is 9.81. The standard InChI is InChI=1S/C6H6.C4H11NO3S/c1-2-4-6-5-3-1;1-3-5(4-2)9(6,7)8/h1-6H;3-4H2,1-2H3,(H,6,7,8). The first kappa shape index (κ1) is 14.1. The second-order valence-corrected chi connectivity index (χ2v) is 4.13. The van der Waals surface area contributed by atoms with Crippen LogP contribution < -0.4 is 0 Å². The fourth-order valence-corrected chi connectivity index (χ4v) is 1.59. The zero-order chi connectivity index (χ0) is 11.7.